The molecule has 3 heteroatoms. The van der Waals surface area contributed by atoms with Crippen LogP contribution in [0.3, 0.4) is 0 Å². The van der Waals surface area contributed by atoms with E-state index in [0.29, 0.717) is 5.56 Å². The van der Waals surface area contributed by atoms with Gasteiger partial charge >= 0.3 is 0 Å². The van der Waals surface area contributed by atoms with E-state index in [1.54, 1.807) is 6.08 Å². The van der Waals surface area contributed by atoms with Crippen LogP contribution in [0.5, 0.6) is 0 Å². The van der Waals surface area contributed by atoms with Gasteiger partial charge < -0.3 is 5.43 Å². The summed E-state index contributed by atoms with van der Waals surface area (Å²) in [5.74, 6) is -0.0150. The summed E-state index contributed by atoms with van der Waals surface area (Å²) in [5, 5.41) is 1.82. The van der Waals surface area contributed by atoms with Crippen molar-refractivity contribution in [1.29, 1.82) is 0 Å². The SMILES string of the molecule is CN(C)N/C(=C/C(=O)c1ccccc1)c1ccccc1. The minimum absolute atomic E-state index is 0.0150. The van der Waals surface area contributed by atoms with Crippen LogP contribution in [0, 0.1) is 0 Å². The molecule has 2 aromatic carbocycles. The lowest BCUT2D eigenvalue weighted by molar-refractivity contribution is 0.104. The number of hydrogen-bond donors (Lipinski definition) is 1. The largest absolute Gasteiger partial charge is 0.319 e. The molecular formula is C17H18N2O. The first kappa shape index (κ1) is 14.0. The number of nitrogens with one attached hydrogen (secondary N) is 1. The Balaban J connectivity index is 2.32. The molecule has 0 radical (unpaired) electrons. The van der Waals surface area contributed by atoms with Gasteiger partial charge in [-0.2, -0.15) is 0 Å². The second kappa shape index (κ2) is 6.68. The highest BCUT2D eigenvalue weighted by molar-refractivity contribution is 6.08. The fourth-order valence-electron chi connectivity index (χ4n) is 1.86. The van der Waals surface area contributed by atoms with E-state index in [1.165, 1.54) is 0 Å². The van der Waals surface area contributed by atoms with Gasteiger partial charge in [-0.15, -0.1) is 0 Å². The molecule has 0 aliphatic heterocycles. The molecule has 3 nitrogen and oxygen atoms in total. The van der Waals surface area contributed by atoms with E-state index < -0.39 is 0 Å². The number of hydrogen-bond acceptors (Lipinski definition) is 3. The van der Waals surface area contributed by atoms with Crippen molar-refractivity contribution in [1.82, 2.24) is 10.4 Å². The van der Waals surface area contributed by atoms with E-state index in [1.807, 2.05) is 79.8 Å². The van der Waals surface area contributed by atoms with Gasteiger partial charge in [0.05, 0.1) is 5.70 Å². The van der Waals surface area contributed by atoms with Crippen molar-refractivity contribution in [2.75, 3.05) is 14.1 Å². The third-order valence-corrected chi connectivity index (χ3v) is 2.76. The zero-order valence-electron chi connectivity index (χ0n) is 11.7. The Morgan fingerprint density at radius 3 is 1.90 bits per heavy atom. The van der Waals surface area contributed by atoms with Crippen LogP contribution in [-0.2, 0) is 0 Å². The average molecular weight is 266 g/mol. The zero-order valence-corrected chi connectivity index (χ0v) is 11.7. The third kappa shape index (κ3) is 3.80. The third-order valence-electron chi connectivity index (χ3n) is 2.76. The Morgan fingerprint density at radius 2 is 1.40 bits per heavy atom. The van der Waals surface area contributed by atoms with Crippen LogP contribution < -0.4 is 5.43 Å². The molecular weight excluding hydrogens is 248 g/mol. The molecule has 2 rings (SSSR count). The highest BCUT2D eigenvalue weighted by atomic mass is 16.1. The van der Waals surface area contributed by atoms with Crippen molar-refractivity contribution in [2.24, 2.45) is 0 Å². The summed E-state index contributed by atoms with van der Waals surface area (Å²) >= 11 is 0. The molecule has 0 bridgehead atoms. The van der Waals surface area contributed by atoms with Crippen molar-refractivity contribution in [3.05, 3.63) is 77.9 Å². The molecule has 0 spiro atoms. The molecule has 0 aliphatic rings. The van der Waals surface area contributed by atoms with E-state index >= 15 is 0 Å². The highest BCUT2D eigenvalue weighted by Gasteiger charge is 2.07. The predicted molar refractivity (Wildman–Crippen MR) is 82.0 cm³/mol. The zero-order chi connectivity index (χ0) is 14.4. The summed E-state index contributed by atoms with van der Waals surface area (Å²) in [5.41, 5.74) is 5.61. The van der Waals surface area contributed by atoms with Crippen LogP contribution in [0.4, 0.5) is 0 Å². The first-order valence-electron chi connectivity index (χ1n) is 6.47. The molecule has 0 saturated heterocycles. The lowest BCUT2D eigenvalue weighted by atomic mass is 10.1. The number of benzene rings is 2. The van der Waals surface area contributed by atoms with E-state index in [2.05, 4.69) is 5.43 Å². The Kier molecular flexibility index (Phi) is 4.69. The number of carbonyl (C=O) groups excluding carboxylic acids is 1. The number of ketones is 1. The maximum absolute atomic E-state index is 12.3. The van der Waals surface area contributed by atoms with Crippen molar-refractivity contribution in [3.8, 4) is 0 Å². The van der Waals surface area contributed by atoms with Gasteiger partial charge in [-0.1, -0.05) is 60.7 Å². The summed E-state index contributed by atoms with van der Waals surface area (Å²) in [4.78, 5) is 12.3. The Labute approximate surface area is 119 Å². The number of nitrogens with zero attached hydrogens (tertiary/aromatic N) is 1. The summed E-state index contributed by atoms with van der Waals surface area (Å²) in [7, 11) is 3.79. The summed E-state index contributed by atoms with van der Waals surface area (Å²) in [6.45, 7) is 0. The van der Waals surface area contributed by atoms with Gasteiger partial charge in [-0.3, -0.25) is 4.79 Å². The maximum atomic E-state index is 12.3. The lowest BCUT2D eigenvalue weighted by Gasteiger charge is -2.17. The van der Waals surface area contributed by atoms with Gasteiger partial charge in [0, 0.05) is 25.7 Å². The van der Waals surface area contributed by atoms with Crippen molar-refractivity contribution in [3.63, 3.8) is 0 Å². The van der Waals surface area contributed by atoms with Crippen molar-refractivity contribution in [2.45, 2.75) is 0 Å². The molecule has 0 heterocycles. The maximum Gasteiger partial charge on any atom is 0.187 e. The minimum atomic E-state index is -0.0150. The molecule has 1 N–H and O–H groups in total. The van der Waals surface area contributed by atoms with E-state index in [4.69, 9.17) is 0 Å². The van der Waals surface area contributed by atoms with Crippen LogP contribution >= 0.6 is 0 Å². The van der Waals surface area contributed by atoms with E-state index in [9.17, 15) is 4.79 Å². The molecule has 0 atom stereocenters. The summed E-state index contributed by atoms with van der Waals surface area (Å²) in [6.07, 6.45) is 1.63. The normalized spacial score (nSPS) is 11.4. The van der Waals surface area contributed by atoms with Crippen LogP contribution in [-0.4, -0.2) is 24.9 Å². The Morgan fingerprint density at radius 1 is 0.900 bits per heavy atom. The quantitative estimate of drug-likeness (QED) is 0.513. The molecule has 20 heavy (non-hydrogen) atoms. The van der Waals surface area contributed by atoms with Crippen LogP contribution in [0.15, 0.2) is 66.7 Å². The molecule has 0 aromatic heterocycles. The Hall–Kier alpha value is -2.39. The summed E-state index contributed by atoms with van der Waals surface area (Å²) in [6, 6.07) is 19.1. The first-order chi connectivity index (χ1) is 9.66. The minimum Gasteiger partial charge on any atom is -0.319 e. The summed E-state index contributed by atoms with van der Waals surface area (Å²) < 4.78 is 0. The van der Waals surface area contributed by atoms with Crippen LogP contribution in [0.1, 0.15) is 15.9 Å². The van der Waals surface area contributed by atoms with Gasteiger partial charge in [0.1, 0.15) is 0 Å². The Bertz CT molecular complexity index is 589. The average Bonchev–Trinajstić information content (AvgIpc) is 2.48. The number of allylic oxidation sites excluding steroid dienone is 1. The smallest absolute Gasteiger partial charge is 0.187 e. The van der Waals surface area contributed by atoms with E-state index in [0.717, 1.165) is 11.3 Å². The van der Waals surface area contributed by atoms with Crippen LogP contribution in [0.25, 0.3) is 5.70 Å². The molecule has 0 saturated carbocycles. The van der Waals surface area contributed by atoms with Crippen LogP contribution in [0.2, 0.25) is 0 Å². The topological polar surface area (TPSA) is 32.3 Å². The molecule has 0 unspecified atom stereocenters. The fourth-order valence-corrected chi connectivity index (χ4v) is 1.86. The molecule has 0 amide bonds. The predicted octanol–water partition coefficient (Wildman–Crippen LogP) is 2.98. The molecule has 102 valence electrons. The first-order valence-corrected chi connectivity index (χ1v) is 6.47. The monoisotopic (exact) mass is 266 g/mol. The van der Waals surface area contributed by atoms with E-state index in [-0.39, 0.29) is 5.78 Å². The van der Waals surface area contributed by atoms with Crippen molar-refractivity contribution < 1.29 is 4.79 Å². The number of rotatable bonds is 5. The van der Waals surface area contributed by atoms with Gasteiger partial charge in [0.2, 0.25) is 0 Å². The van der Waals surface area contributed by atoms with Gasteiger partial charge in [0.15, 0.2) is 5.78 Å². The molecule has 0 aliphatic carbocycles. The lowest BCUT2D eigenvalue weighted by Crippen LogP contribution is -2.29. The van der Waals surface area contributed by atoms with Gasteiger partial charge in [-0.25, -0.2) is 5.01 Å². The van der Waals surface area contributed by atoms with Gasteiger partial charge in [-0.05, 0) is 5.56 Å². The standard InChI is InChI=1S/C17H18N2O/c1-19(2)18-16(14-9-5-3-6-10-14)13-17(20)15-11-7-4-8-12-15/h3-13,18H,1-2H3/b16-13+. The fraction of sp³-hybridized carbons (Fsp3) is 0.118. The van der Waals surface area contributed by atoms with Crippen molar-refractivity contribution >= 4 is 11.5 Å². The molecule has 2 aromatic rings. The second-order valence-corrected chi connectivity index (χ2v) is 4.66. The van der Waals surface area contributed by atoms with Gasteiger partial charge in [0.25, 0.3) is 0 Å². The number of hydrazine groups is 1. The molecule has 0 fully saturated rings. The number of carbonyl (C=O) groups is 1. The second-order valence-electron chi connectivity index (χ2n) is 4.66. The highest BCUT2D eigenvalue weighted by Crippen LogP contribution is 2.13.